The molecule has 1 N–H and O–H groups in total. The molecule has 0 aliphatic carbocycles. The van der Waals surface area contributed by atoms with Crippen LogP contribution in [-0.4, -0.2) is 19.1 Å². The molecule has 0 aliphatic heterocycles. The van der Waals surface area contributed by atoms with E-state index >= 15 is 0 Å². The van der Waals surface area contributed by atoms with Crippen molar-refractivity contribution < 1.29 is 14.3 Å². The maximum Gasteiger partial charge on any atom is 0.261 e. The van der Waals surface area contributed by atoms with Crippen molar-refractivity contribution in [3.05, 3.63) is 95.6 Å². The highest BCUT2D eigenvalue weighted by atomic mass is 16.5. The van der Waals surface area contributed by atoms with Crippen molar-refractivity contribution in [2.45, 2.75) is 26.0 Å². The second-order valence-corrected chi connectivity index (χ2v) is 6.70. The first-order valence-electron chi connectivity index (χ1n) is 9.29. The summed E-state index contributed by atoms with van der Waals surface area (Å²) in [6, 6.07) is 25.0. The highest BCUT2D eigenvalue weighted by Gasteiger charge is 2.21. The van der Waals surface area contributed by atoms with Crippen LogP contribution in [0.15, 0.2) is 78.9 Å². The van der Waals surface area contributed by atoms with Gasteiger partial charge in [0.2, 0.25) is 0 Å². The summed E-state index contributed by atoms with van der Waals surface area (Å²) in [7, 11) is 1.63. The molecule has 0 heterocycles. The molecule has 3 aromatic rings. The van der Waals surface area contributed by atoms with E-state index in [1.807, 2.05) is 85.8 Å². The van der Waals surface area contributed by atoms with Crippen molar-refractivity contribution in [2.24, 2.45) is 0 Å². The van der Waals surface area contributed by atoms with Crippen LogP contribution in [0.4, 0.5) is 0 Å². The zero-order chi connectivity index (χ0) is 19.9. The first kappa shape index (κ1) is 19.5. The van der Waals surface area contributed by atoms with Crippen molar-refractivity contribution in [2.75, 3.05) is 7.11 Å². The average Bonchev–Trinajstić information content (AvgIpc) is 2.74. The number of hydrogen-bond donors (Lipinski definition) is 1. The van der Waals surface area contributed by atoms with E-state index in [4.69, 9.17) is 9.47 Å². The summed E-state index contributed by atoms with van der Waals surface area (Å²) in [5, 5.41) is 3.11. The van der Waals surface area contributed by atoms with Gasteiger partial charge in [0, 0.05) is 0 Å². The Morgan fingerprint density at radius 2 is 1.39 bits per heavy atom. The second kappa shape index (κ2) is 9.09. The smallest absolute Gasteiger partial charge is 0.261 e. The molecule has 0 bridgehead atoms. The fourth-order valence-corrected chi connectivity index (χ4v) is 2.94. The van der Waals surface area contributed by atoms with Crippen molar-refractivity contribution in [1.82, 2.24) is 5.32 Å². The molecule has 0 saturated heterocycles. The quantitative estimate of drug-likeness (QED) is 0.652. The summed E-state index contributed by atoms with van der Waals surface area (Å²) >= 11 is 0. The second-order valence-electron chi connectivity index (χ2n) is 6.70. The normalized spacial score (nSPS) is 12.7. The number of carbonyl (C=O) groups excluding carboxylic acids is 1. The van der Waals surface area contributed by atoms with Crippen LogP contribution in [0, 0.1) is 6.92 Å². The van der Waals surface area contributed by atoms with Crippen molar-refractivity contribution in [3.63, 3.8) is 0 Å². The predicted octanol–water partition coefficient (Wildman–Crippen LogP) is 4.68. The molecule has 144 valence electrons. The Morgan fingerprint density at radius 1 is 0.821 bits per heavy atom. The number of ether oxygens (including phenoxy) is 2. The largest absolute Gasteiger partial charge is 0.497 e. The minimum absolute atomic E-state index is 0.176. The number of hydrogen-bond acceptors (Lipinski definition) is 3. The summed E-state index contributed by atoms with van der Waals surface area (Å²) < 4.78 is 11.0. The number of aryl methyl sites for hydroxylation is 1. The molecule has 0 spiro atoms. The zero-order valence-corrected chi connectivity index (χ0v) is 16.4. The molecule has 0 aliphatic rings. The number of amides is 1. The van der Waals surface area contributed by atoms with E-state index in [1.165, 1.54) is 0 Å². The Balaban J connectivity index is 1.78. The molecule has 3 aromatic carbocycles. The molecule has 4 nitrogen and oxygen atoms in total. The molecule has 0 saturated carbocycles. The molecule has 1 amide bonds. The van der Waals surface area contributed by atoms with Crippen LogP contribution >= 0.6 is 0 Å². The number of carbonyl (C=O) groups is 1. The zero-order valence-electron chi connectivity index (χ0n) is 16.4. The highest BCUT2D eigenvalue weighted by Crippen LogP contribution is 2.24. The van der Waals surface area contributed by atoms with Crippen molar-refractivity contribution >= 4 is 5.91 Å². The van der Waals surface area contributed by atoms with Crippen LogP contribution in [-0.2, 0) is 4.79 Å². The molecule has 2 atom stereocenters. The van der Waals surface area contributed by atoms with E-state index in [0.717, 1.165) is 22.4 Å². The Hall–Kier alpha value is -3.27. The monoisotopic (exact) mass is 375 g/mol. The molecule has 0 aromatic heterocycles. The topological polar surface area (TPSA) is 47.6 Å². The maximum atomic E-state index is 12.8. The van der Waals surface area contributed by atoms with Gasteiger partial charge in [-0.3, -0.25) is 4.79 Å². The van der Waals surface area contributed by atoms with E-state index in [9.17, 15) is 4.79 Å². The molecule has 0 radical (unpaired) electrons. The summed E-state index contributed by atoms with van der Waals surface area (Å²) in [6.07, 6.45) is -0.618. The van der Waals surface area contributed by atoms with E-state index in [-0.39, 0.29) is 11.9 Å². The Kier molecular flexibility index (Phi) is 6.33. The highest BCUT2D eigenvalue weighted by molar-refractivity contribution is 5.81. The Labute approximate surface area is 166 Å². The minimum Gasteiger partial charge on any atom is -0.497 e. The fourth-order valence-electron chi connectivity index (χ4n) is 2.94. The third kappa shape index (κ3) is 4.92. The van der Waals surface area contributed by atoms with Gasteiger partial charge in [0.15, 0.2) is 6.10 Å². The number of nitrogens with one attached hydrogen (secondary N) is 1. The van der Waals surface area contributed by atoms with Gasteiger partial charge >= 0.3 is 0 Å². The van der Waals surface area contributed by atoms with E-state index in [1.54, 1.807) is 14.0 Å². The standard InChI is InChI=1S/C24H25NO3/c1-17-9-13-22(14-10-17)28-18(2)24(26)25-23(19-7-5-4-6-8-19)20-11-15-21(27-3)16-12-20/h4-16,18,23H,1-3H3,(H,25,26). The van der Waals surface area contributed by atoms with Gasteiger partial charge in [0.25, 0.3) is 5.91 Å². The fraction of sp³-hybridized carbons (Fsp3) is 0.208. The lowest BCUT2D eigenvalue weighted by molar-refractivity contribution is -0.127. The first-order valence-corrected chi connectivity index (χ1v) is 9.29. The van der Waals surface area contributed by atoms with Crippen LogP contribution in [0.3, 0.4) is 0 Å². The SMILES string of the molecule is COc1ccc(C(NC(=O)C(C)Oc2ccc(C)cc2)c2ccccc2)cc1. The van der Waals surface area contributed by atoms with Crippen LogP contribution in [0.2, 0.25) is 0 Å². The number of rotatable bonds is 7. The predicted molar refractivity (Wildman–Crippen MR) is 111 cm³/mol. The molecular formula is C24H25NO3. The third-order valence-corrected chi connectivity index (χ3v) is 4.57. The minimum atomic E-state index is -0.618. The lowest BCUT2D eigenvalue weighted by Gasteiger charge is -2.23. The van der Waals surface area contributed by atoms with Crippen LogP contribution < -0.4 is 14.8 Å². The van der Waals surface area contributed by atoms with Gasteiger partial charge in [-0.15, -0.1) is 0 Å². The van der Waals surface area contributed by atoms with Crippen molar-refractivity contribution in [1.29, 1.82) is 0 Å². The number of methoxy groups -OCH3 is 1. The van der Waals surface area contributed by atoms with E-state index in [0.29, 0.717) is 5.75 Å². The van der Waals surface area contributed by atoms with Gasteiger partial charge in [-0.25, -0.2) is 0 Å². The van der Waals surface area contributed by atoms with Gasteiger partial charge < -0.3 is 14.8 Å². The lowest BCUT2D eigenvalue weighted by atomic mass is 9.98. The van der Waals surface area contributed by atoms with Gasteiger partial charge in [0.1, 0.15) is 11.5 Å². The Bertz CT molecular complexity index is 889. The Morgan fingerprint density at radius 3 is 2.00 bits per heavy atom. The van der Waals surface area contributed by atoms with Gasteiger partial charge in [-0.05, 0) is 49.2 Å². The molecule has 4 heteroatoms. The lowest BCUT2D eigenvalue weighted by Crippen LogP contribution is -2.39. The molecule has 0 fully saturated rings. The third-order valence-electron chi connectivity index (χ3n) is 4.57. The first-order chi connectivity index (χ1) is 13.6. The van der Waals surface area contributed by atoms with Crippen LogP contribution in [0.25, 0.3) is 0 Å². The van der Waals surface area contributed by atoms with Gasteiger partial charge in [-0.2, -0.15) is 0 Å². The van der Waals surface area contributed by atoms with Crippen molar-refractivity contribution in [3.8, 4) is 11.5 Å². The molecular weight excluding hydrogens is 350 g/mol. The van der Waals surface area contributed by atoms with E-state index < -0.39 is 6.10 Å². The summed E-state index contributed by atoms with van der Waals surface area (Å²) in [5.74, 6) is 1.28. The van der Waals surface area contributed by atoms with Gasteiger partial charge in [0.05, 0.1) is 13.2 Å². The number of benzene rings is 3. The summed E-state index contributed by atoms with van der Waals surface area (Å²) in [4.78, 5) is 12.8. The summed E-state index contributed by atoms with van der Waals surface area (Å²) in [6.45, 7) is 3.77. The van der Waals surface area contributed by atoms with Crippen LogP contribution in [0.5, 0.6) is 11.5 Å². The average molecular weight is 375 g/mol. The van der Waals surface area contributed by atoms with E-state index in [2.05, 4.69) is 5.32 Å². The molecule has 3 rings (SSSR count). The summed E-state index contributed by atoms with van der Waals surface area (Å²) in [5.41, 5.74) is 3.12. The van der Waals surface area contributed by atoms with Crippen LogP contribution in [0.1, 0.15) is 29.7 Å². The van der Waals surface area contributed by atoms with Gasteiger partial charge in [-0.1, -0.05) is 60.2 Å². The molecule has 28 heavy (non-hydrogen) atoms. The maximum absolute atomic E-state index is 12.8. The molecule has 2 unspecified atom stereocenters.